The van der Waals surface area contributed by atoms with Crippen molar-refractivity contribution in [1.29, 1.82) is 0 Å². The number of nitrogens with zero attached hydrogens (tertiary/aromatic N) is 2. The van der Waals surface area contributed by atoms with Crippen LogP contribution >= 0.6 is 11.6 Å². The molecule has 0 spiro atoms. The maximum Gasteiger partial charge on any atom is 0.163 e. The molecule has 0 fully saturated rings. The molecule has 1 aromatic rings. The summed E-state index contributed by atoms with van der Waals surface area (Å²) in [6.45, 7) is 10.1. The van der Waals surface area contributed by atoms with Crippen LogP contribution in [0.25, 0.3) is 0 Å². The molecule has 0 saturated carbocycles. The van der Waals surface area contributed by atoms with E-state index in [0.29, 0.717) is 10.6 Å². The van der Waals surface area contributed by atoms with Gasteiger partial charge in [0.05, 0.1) is 22.8 Å². The highest BCUT2D eigenvalue weighted by molar-refractivity contribution is 6.32. The maximum absolute atomic E-state index is 11.6. The van der Waals surface area contributed by atoms with Crippen molar-refractivity contribution in [1.82, 2.24) is 9.78 Å². The lowest BCUT2D eigenvalue weighted by atomic mass is 10.1. The van der Waals surface area contributed by atoms with Crippen LogP contribution in [0.3, 0.4) is 0 Å². The van der Waals surface area contributed by atoms with E-state index < -0.39 is 0 Å². The second-order valence-electron chi connectivity index (χ2n) is 3.76. The Balaban J connectivity index is 3.06. The molecule has 0 atom stereocenters. The van der Waals surface area contributed by atoms with Crippen LogP contribution in [0.2, 0.25) is 5.02 Å². The number of ketones is 1. The van der Waals surface area contributed by atoms with E-state index in [1.807, 2.05) is 13.8 Å². The zero-order valence-electron chi connectivity index (χ0n) is 10.0. The second kappa shape index (κ2) is 5.30. The number of carbonyl (C=O) groups is 1. The summed E-state index contributed by atoms with van der Waals surface area (Å²) in [6.07, 6.45) is 1.06. The Morgan fingerprint density at radius 3 is 2.56 bits per heavy atom. The Morgan fingerprint density at radius 2 is 2.12 bits per heavy atom. The maximum atomic E-state index is 11.6. The molecule has 1 rings (SSSR count). The van der Waals surface area contributed by atoms with Gasteiger partial charge >= 0.3 is 0 Å². The SMILES string of the molecule is C=C(C)C(=O)Cc1c(Cl)c(CC)nn1CC. The predicted molar refractivity (Wildman–Crippen MR) is 65.8 cm³/mol. The van der Waals surface area contributed by atoms with Crippen molar-refractivity contribution < 1.29 is 4.79 Å². The molecule has 4 heteroatoms. The summed E-state index contributed by atoms with van der Waals surface area (Å²) >= 11 is 6.19. The van der Waals surface area contributed by atoms with Gasteiger partial charge < -0.3 is 0 Å². The number of hydrogen-bond donors (Lipinski definition) is 0. The van der Waals surface area contributed by atoms with Crippen LogP contribution in [0.1, 0.15) is 32.2 Å². The smallest absolute Gasteiger partial charge is 0.163 e. The molecular formula is C12H17ClN2O. The van der Waals surface area contributed by atoms with E-state index in [-0.39, 0.29) is 12.2 Å². The summed E-state index contributed by atoms with van der Waals surface area (Å²) < 4.78 is 1.79. The third kappa shape index (κ3) is 2.53. The first-order chi connectivity index (χ1) is 7.51. The van der Waals surface area contributed by atoms with Gasteiger partial charge in [0.2, 0.25) is 0 Å². The fourth-order valence-electron chi connectivity index (χ4n) is 1.49. The number of halogens is 1. The standard InChI is InChI=1S/C12H17ClN2O/c1-5-9-12(13)10(15(6-2)14-9)7-11(16)8(3)4/h3,5-7H2,1-2,4H3. The van der Waals surface area contributed by atoms with Crippen molar-refractivity contribution in [2.75, 3.05) is 0 Å². The minimum atomic E-state index is 0.0131. The van der Waals surface area contributed by atoms with Gasteiger partial charge in [-0.1, -0.05) is 25.1 Å². The van der Waals surface area contributed by atoms with Crippen molar-refractivity contribution in [2.24, 2.45) is 0 Å². The van der Waals surface area contributed by atoms with Gasteiger partial charge in [-0.2, -0.15) is 5.10 Å². The molecule has 0 amide bonds. The molecule has 0 aromatic carbocycles. The topological polar surface area (TPSA) is 34.9 Å². The van der Waals surface area contributed by atoms with E-state index >= 15 is 0 Å². The molecule has 0 bridgehead atoms. The molecule has 0 aliphatic carbocycles. The summed E-state index contributed by atoms with van der Waals surface area (Å²) in [4.78, 5) is 11.6. The van der Waals surface area contributed by atoms with Gasteiger partial charge in [-0.15, -0.1) is 0 Å². The minimum Gasteiger partial charge on any atom is -0.294 e. The Kier molecular flexibility index (Phi) is 4.30. The number of carbonyl (C=O) groups excluding carboxylic acids is 1. The third-order valence-electron chi connectivity index (χ3n) is 2.50. The molecule has 0 saturated heterocycles. The summed E-state index contributed by atoms with van der Waals surface area (Å²) in [7, 11) is 0. The molecule has 0 N–H and O–H groups in total. The molecule has 0 aliphatic heterocycles. The Hall–Kier alpha value is -1.09. The van der Waals surface area contributed by atoms with Gasteiger partial charge in [-0.25, -0.2) is 0 Å². The first kappa shape index (κ1) is 13.0. The van der Waals surface area contributed by atoms with Crippen molar-refractivity contribution in [2.45, 2.75) is 40.2 Å². The van der Waals surface area contributed by atoms with E-state index in [2.05, 4.69) is 11.7 Å². The highest BCUT2D eigenvalue weighted by atomic mass is 35.5. The average Bonchev–Trinajstić information content (AvgIpc) is 2.55. The fourth-order valence-corrected chi connectivity index (χ4v) is 1.82. The molecule has 1 heterocycles. The largest absolute Gasteiger partial charge is 0.294 e. The Labute approximate surface area is 101 Å². The first-order valence-electron chi connectivity index (χ1n) is 5.43. The van der Waals surface area contributed by atoms with E-state index in [0.717, 1.165) is 24.4 Å². The number of hydrogen-bond acceptors (Lipinski definition) is 2. The Morgan fingerprint density at radius 1 is 1.50 bits per heavy atom. The highest BCUT2D eigenvalue weighted by Crippen LogP contribution is 2.22. The van der Waals surface area contributed by atoms with Crippen molar-refractivity contribution in [3.05, 3.63) is 28.6 Å². The van der Waals surface area contributed by atoms with Crippen molar-refractivity contribution in [3.63, 3.8) is 0 Å². The van der Waals surface area contributed by atoms with Crippen LogP contribution in [0.15, 0.2) is 12.2 Å². The number of aryl methyl sites for hydroxylation is 2. The van der Waals surface area contributed by atoms with Gasteiger partial charge in [-0.3, -0.25) is 9.48 Å². The lowest BCUT2D eigenvalue weighted by Gasteiger charge is -2.04. The second-order valence-corrected chi connectivity index (χ2v) is 4.13. The molecule has 1 aromatic heterocycles. The third-order valence-corrected chi connectivity index (χ3v) is 2.93. The fraction of sp³-hybridized carbons (Fsp3) is 0.500. The van der Waals surface area contributed by atoms with E-state index in [1.54, 1.807) is 11.6 Å². The molecule has 0 aliphatic rings. The lowest BCUT2D eigenvalue weighted by Crippen LogP contribution is -2.10. The summed E-state index contributed by atoms with van der Waals surface area (Å²) in [5.74, 6) is 0.0131. The van der Waals surface area contributed by atoms with Gasteiger partial charge in [0, 0.05) is 6.54 Å². The molecule has 0 unspecified atom stereocenters. The number of aromatic nitrogens is 2. The summed E-state index contributed by atoms with van der Waals surface area (Å²) in [5, 5.41) is 4.99. The van der Waals surface area contributed by atoms with Crippen LogP contribution in [0.4, 0.5) is 0 Å². The highest BCUT2D eigenvalue weighted by Gasteiger charge is 2.17. The van der Waals surface area contributed by atoms with Gasteiger partial charge in [0.1, 0.15) is 0 Å². The van der Waals surface area contributed by atoms with Gasteiger partial charge in [0.25, 0.3) is 0 Å². The van der Waals surface area contributed by atoms with Crippen LogP contribution in [0.5, 0.6) is 0 Å². The molecule has 0 radical (unpaired) electrons. The van der Waals surface area contributed by atoms with E-state index in [9.17, 15) is 4.79 Å². The predicted octanol–water partition coefficient (Wildman–Crippen LogP) is 2.81. The first-order valence-corrected chi connectivity index (χ1v) is 5.81. The van der Waals surface area contributed by atoms with Crippen LogP contribution in [0, 0.1) is 0 Å². The minimum absolute atomic E-state index is 0.0131. The molecule has 88 valence electrons. The Bertz CT molecular complexity index is 421. The number of allylic oxidation sites excluding steroid dienone is 1. The zero-order valence-corrected chi connectivity index (χ0v) is 10.8. The average molecular weight is 241 g/mol. The lowest BCUT2D eigenvalue weighted by molar-refractivity contribution is -0.115. The van der Waals surface area contributed by atoms with Crippen LogP contribution in [-0.4, -0.2) is 15.6 Å². The normalized spacial score (nSPS) is 10.5. The van der Waals surface area contributed by atoms with Crippen molar-refractivity contribution >= 4 is 17.4 Å². The van der Waals surface area contributed by atoms with E-state index in [1.165, 1.54) is 0 Å². The van der Waals surface area contributed by atoms with Crippen LogP contribution < -0.4 is 0 Å². The van der Waals surface area contributed by atoms with Gasteiger partial charge in [0.15, 0.2) is 5.78 Å². The molecule has 16 heavy (non-hydrogen) atoms. The molecule has 3 nitrogen and oxygen atoms in total. The monoisotopic (exact) mass is 240 g/mol. The van der Waals surface area contributed by atoms with E-state index in [4.69, 9.17) is 11.6 Å². The molecular weight excluding hydrogens is 224 g/mol. The quantitative estimate of drug-likeness (QED) is 0.742. The summed E-state index contributed by atoms with van der Waals surface area (Å²) in [6, 6.07) is 0. The zero-order chi connectivity index (χ0) is 12.3. The van der Waals surface area contributed by atoms with Crippen molar-refractivity contribution in [3.8, 4) is 0 Å². The number of Topliss-reactive ketones (excluding diaryl/α,β-unsaturated/α-hetero) is 1. The summed E-state index contributed by atoms with van der Waals surface area (Å²) in [5.41, 5.74) is 2.21. The van der Waals surface area contributed by atoms with Gasteiger partial charge in [-0.05, 0) is 25.8 Å². The number of rotatable bonds is 5. The van der Waals surface area contributed by atoms with Crippen LogP contribution in [-0.2, 0) is 24.2 Å².